The van der Waals surface area contributed by atoms with Gasteiger partial charge in [0.1, 0.15) is 17.8 Å². The quantitative estimate of drug-likeness (QED) is 0.650. The van der Waals surface area contributed by atoms with E-state index < -0.39 is 18.1 Å². The molecular weight excluding hydrogens is 355 g/mol. The van der Waals surface area contributed by atoms with Crippen LogP contribution in [-0.4, -0.2) is 25.0 Å². The molecule has 0 spiro atoms. The summed E-state index contributed by atoms with van der Waals surface area (Å²) in [6.45, 7) is 3.85. The third-order valence-electron chi connectivity index (χ3n) is 5.20. The number of rotatable bonds is 5. The number of carbonyl (C=O) groups is 1. The van der Waals surface area contributed by atoms with Gasteiger partial charge in [0.15, 0.2) is 0 Å². The maximum atomic E-state index is 13.1. The number of aryl methyl sites for hydroxylation is 1. The molecule has 6 heteroatoms. The van der Waals surface area contributed by atoms with Crippen molar-refractivity contribution in [3.8, 4) is 11.5 Å². The Bertz CT molecular complexity index is 802. The van der Waals surface area contributed by atoms with E-state index in [4.69, 9.17) is 4.74 Å². The van der Waals surface area contributed by atoms with Crippen molar-refractivity contribution in [3.63, 3.8) is 0 Å². The Balaban J connectivity index is 1.77. The topological polar surface area (TPSA) is 29.5 Å². The smallest absolute Gasteiger partial charge is 0.393 e. The maximum absolute atomic E-state index is 13.1. The predicted octanol–water partition coefficient (Wildman–Crippen LogP) is 5.44. The average molecular weight is 377 g/mol. The molecule has 0 bridgehead atoms. The molecule has 0 aromatic heterocycles. The van der Waals surface area contributed by atoms with Crippen LogP contribution in [0, 0.1) is 19.8 Å². The number of halogens is 3. The molecule has 3 rings (SSSR count). The molecule has 144 valence electrons. The first kappa shape index (κ1) is 19.3. The Morgan fingerprint density at radius 2 is 1.85 bits per heavy atom. The molecule has 3 nitrogen and oxygen atoms in total. The summed E-state index contributed by atoms with van der Waals surface area (Å²) in [7, 11) is 0. The largest absolute Gasteiger partial charge is 0.457 e. The highest BCUT2D eigenvalue weighted by atomic mass is 19.4. The van der Waals surface area contributed by atoms with E-state index in [0.29, 0.717) is 17.7 Å². The van der Waals surface area contributed by atoms with Gasteiger partial charge in [-0.1, -0.05) is 12.1 Å². The van der Waals surface area contributed by atoms with Crippen LogP contribution in [0.5, 0.6) is 11.5 Å². The summed E-state index contributed by atoms with van der Waals surface area (Å²) in [5, 5.41) is 0. The molecule has 1 aliphatic rings. The lowest BCUT2D eigenvalue weighted by Crippen LogP contribution is -2.30. The van der Waals surface area contributed by atoms with Gasteiger partial charge in [-0.05, 0) is 61.7 Å². The Kier molecular flexibility index (Phi) is 5.44. The van der Waals surface area contributed by atoms with Crippen molar-refractivity contribution < 1.29 is 22.7 Å². The number of hydrogen-bond donors (Lipinski definition) is 0. The first-order valence-electron chi connectivity index (χ1n) is 8.90. The maximum Gasteiger partial charge on any atom is 0.393 e. The van der Waals surface area contributed by atoms with E-state index in [1.165, 1.54) is 0 Å². The summed E-state index contributed by atoms with van der Waals surface area (Å²) in [6.07, 6.45) is -3.52. The van der Waals surface area contributed by atoms with Crippen LogP contribution in [0.15, 0.2) is 42.5 Å². The molecule has 1 fully saturated rings. The van der Waals surface area contributed by atoms with Gasteiger partial charge in [-0.3, -0.25) is 0 Å². The summed E-state index contributed by atoms with van der Waals surface area (Å²) in [6, 6.07) is 12.4. The molecule has 0 aliphatic carbocycles. The van der Waals surface area contributed by atoms with Crippen molar-refractivity contribution in [2.45, 2.75) is 38.9 Å². The molecule has 0 amide bonds. The van der Waals surface area contributed by atoms with E-state index in [2.05, 4.69) is 0 Å². The normalized spacial score (nSPS) is 20.0. The van der Waals surface area contributed by atoms with Gasteiger partial charge in [0.05, 0.1) is 5.92 Å². The molecule has 2 aromatic carbocycles. The van der Waals surface area contributed by atoms with Gasteiger partial charge in [0, 0.05) is 24.7 Å². The van der Waals surface area contributed by atoms with Crippen molar-refractivity contribution in [1.29, 1.82) is 0 Å². The molecule has 2 atom stereocenters. The van der Waals surface area contributed by atoms with Crippen LogP contribution < -0.4 is 9.64 Å². The highest BCUT2D eigenvalue weighted by molar-refractivity contribution is 5.57. The number of ether oxygens (including phenoxy) is 1. The molecule has 1 aliphatic heterocycles. The van der Waals surface area contributed by atoms with Crippen molar-refractivity contribution in [1.82, 2.24) is 0 Å². The van der Waals surface area contributed by atoms with Gasteiger partial charge in [0.2, 0.25) is 0 Å². The van der Waals surface area contributed by atoms with Gasteiger partial charge < -0.3 is 14.4 Å². The predicted molar refractivity (Wildman–Crippen MR) is 98.4 cm³/mol. The minimum Gasteiger partial charge on any atom is -0.457 e. The second-order valence-corrected chi connectivity index (χ2v) is 6.98. The summed E-state index contributed by atoms with van der Waals surface area (Å²) in [5.74, 6) is -0.0424. The molecule has 0 saturated carbocycles. The Morgan fingerprint density at radius 1 is 1.15 bits per heavy atom. The van der Waals surface area contributed by atoms with Gasteiger partial charge in [-0.2, -0.15) is 13.2 Å². The van der Waals surface area contributed by atoms with Crippen LogP contribution in [0.2, 0.25) is 0 Å². The van der Waals surface area contributed by atoms with E-state index in [9.17, 15) is 18.0 Å². The number of benzene rings is 2. The fraction of sp³-hybridized carbons (Fsp3) is 0.381. The summed E-state index contributed by atoms with van der Waals surface area (Å²) >= 11 is 0. The van der Waals surface area contributed by atoms with E-state index >= 15 is 0 Å². The molecule has 2 aromatic rings. The number of hydrogen-bond acceptors (Lipinski definition) is 3. The van der Waals surface area contributed by atoms with Gasteiger partial charge in [0.25, 0.3) is 0 Å². The van der Waals surface area contributed by atoms with Crippen molar-refractivity contribution >= 4 is 12.0 Å². The number of carbonyl (C=O) groups excluding carboxylic acids is 1. The lowest BCUT2D eigenvalue weighted by atomic mass is 10.0. The zero-order valence-corrected chi connectivity index (χ0v) is 15.3. The minimum atomic E-state index is -4.25. The van der Waals surface area contributed by atoms with Crippen LogP contribution in [-0.2, 0) is 4.79 Å². The third kappa shape index (κ3) is 4.26. The molecular formula is C21H22F3NO2. The molecule has 27 heavy (non-hydrogen) atoms. The first-order chi connectivity index (χ1) is 12.8. The number of anilines is 1. The third-order valence-corrected chi connectivity index (χ3v) is 5.20. The molecule has 1 heterocycles. The van der Waals surface area contributed by atoms with Crippen LogP contribution in [0.3, 0.4) is 0 Å². The first-order valence-corrected chi connectivity index (χ1v) is 8.90. The second kappa shape index (κ2) is 7.62. The number of aldehydes is 1. The van der Waals surface area contributed by atoms with Gasteiger partial charge in [-0.25, -0.2) is 0 Å². The van der Waals surface area contributed by atoms with E-state index in [1.54, 1.807) is 29.2 Å². The SMILES string of the molecule is Cc1cccc(Oc2ccc(N3CC(C(F)(F)F)CC3CC=O)cc2)c1C. The summed E-state index contributed by atoms with van der Waals surface area (Å²) in [4.78, 5) is 12.6. The Morgan fingerprint density at radius 3 is 2.48 bits per heavy atom. The van der Waals surface area contributed by atoms with E-state index in [-0.39, 0.29) is 19.4 Å². The van der Waals surface area contributed by atoms with Crippen molar-refractivity contribution in [3.05, 3.63) is 53.6 Å². The summed E-state index contributed by atoms with van der Waals surface area (Å²) in [5.41, 5.74) is 2.83. The van der Waals surface area contributed by atoms with Crippen LogP contribution >= 0.6 is 0 Å². The van der Waals surface area contributed by atoms with Gasteiger partial charge in [-0.15, -0.1) is 0 Å². The fourth-order valence-electron chi connectivity index (χ4n) is 3.47. The van der Waals surface area contributed by atoms with Crippen molar-refractivity contribution in [2.24, 2.45) is 5.92 Å². The average Bonchev–Trinajstić information content (AvgIpc) is 3.04. The standard InChI is InChI=1S/C21H22F3NO2/c1-14-4-3-5-20(15(14)2)27-19-8-6-17(7-9-19)25-13-16(21(22,23)24)12-18(25)10-11-26/h3-9,11,16,18H,10,12-13H2,1-2H3. The molecule has 2 unspecified atom stereocenters. The lowest BCUT2D eigenvalue weighted by molar-refractivity contribution is -0.168. The van der Waals surface area contributed by atoms with E-state index in [0.717, 1.165) is 16.9 Å². The van der Waals surface area contributed by atoms with Crippen LogP contribution in [0.1, 0.15) is 24.0 Å². The monoisotopic (exact) mass is 377 g/mol. The number of alkyl halides is 3. The minimum absolute atomic E-state index is 0.0526. The second-order valence-electron chi connectivity index (χ2n) is 6.98. The Hall–Kier alpha value is -2.50. The van der Waals surface area contributed by atoms with Crippen LogP contribution in [0.25, 0.3) is 0 Å². The zero-order valence-electron chi connectivity index (χ0n) is 15.3. The lowest BCUT2D eigenvalue weighted by Gasteiger charge is -2.25. The van der Waals surface area contributed by atoms with Crippen LogP contribution in [0.4, 0.5) is 18.9 Å². The zero-order chi connectivity index (χ0) is 19.6. The van der Waals surface area contributed by atoms with E-state index in [1.807, 2.05) is 32.0 Å². The highest BCUT2D eigenvalue weighted by Crippen LogP contribution is 2.40. The molecule has 0 radical (unpaired) electrons. The molecule has 0 N–H and O–H groups in total. The fourth-order valence-corrected chi connectivity index (χ4v) is 3.47. The van der Waals surface area contributed by atoms with Crippen molar-refractivity contribution in [2.75, 3.05) is 11.4 Å². The Labute approximate surface area is 156 Å². The summed E-state index contributed by atoms with van der Waals surface area (Å²) < 4.78 is 45.2. The molecule has 1 saturated heterocycles. The van der Waals surface area contributed by atoms with Gasteiger partial charge >= 0.3 is 6.18 Å². The highest BCUT2D eigenvalue weighted by Gasteiger charge is 2.47. The number of nitrogens with zero attached hydrogens (tertiary/aromatic N) is 1.